The van der Waals surface area contributed by atoms with Gasteiger partial charge in [-0.15, -0.1) is 11.8 Å². The number of benzene rings is 2. The molecule has 5 aliphatic heterocycles. The lowest BCUT2D eigenvalue weighted by Crippen LogP contribution is -2.69. The van der Waals surface area contributed by atoms with Crippen LogP contribution in [0.15, 0.2) is 6.07 Å². The van der Waals surface area contributed by atoms with Gasteiger partial charge in [-0.2, -0.15) is 5.26 Å². The van der Waals surface area contributed by atoms with E-state index in [-0.39, 0.29) is 32.0 Å². The normalized spacial score (nSPS) is 27.0. The van der Waals surface area contributed by atoms with Gasteiger partial charge >= 0.3 is 18.0 Å². The number of piperazine rings is 1. The number of carbonyl (C=O) groups is 3. The van der Waals surface area contributed by atoms with Gasteiger partial charge in [0.1, 0.15) is 30.0 Å². The minimum absolute atomic E-state index is 0.0296. The molecule has 15 nitrogen and oxygen atoms in total. The summed E-state index contributed by atoms with van der Waals surface area (Å²) in [5.41, 5.74) is 3.86. The number of rotatable bonds is 6. The number of nitrogens with zero attached hydrogens (tertiary/aromatic N) is 3. The van der Waals surface area contributed by atoms with Crippen molar-refractivity contribution in [2.45, 2.75) is 95.1 Å². The Labute approximate surface area is 318 Å². The number of nitriles is 1. The maximum absolute atomic E-state index is 13.8. The quantitative estimate of drug-likeness (QED) is 0.249. The van der Waals surface area contributed by atoms with Crippen LogP contribution in [0.1, 0.15) is 78.4 Å². The second kappa shape index (κ2) is 14.3. The van der Waals surface area contributed by atoms with Crippen LogP contribution in [-0.2, 0) is 30.2 Å². The summed E-state index contributed by atoms with van der Waals surface area (Å²) in [6.45, 7) is 10.0. The number of aryl methyl sites for hydroxylation is 1. The maximum Gasteiger partial charge on any atom is 0.408 e. The van der Waals surface area contributed by atoms with Crippen molar-refractivity contribution in [2.24, 2.45) is 0 Å². The molecule has 3 unspecified atom stereocenters. The van der Waals surface area contributed by atoms with Crippen LogP contribution < -0.4 is 29.0 Å². The van der Waals surface area contributed by atoms with Crippen molar-refractivity contribution in [1.29, 1.82) is 5.26 Å². The molecule has 5 heterocycles. The fourth-order valence-corrected chi connectivity index (χ4v) is 10.3. The average molecular weight is 767 g/mol. The number of ether oxygens (including phenoxy) is 8. The van der Waals surface area contributed by atoms with E-state index >= 15 is 0 Å². The molecule has 7 rings (SSSR count). The van der Waals surface area contributed by atoms with Gasteiger partial charge in [0, 0.05) is 54.1 Å². The summed E-state index contributed by atoms with van der Waals surface area (Å²) in [4.78, 5) is 44.1. The van der Waals surface area contributed by atoms with E-state index in [1.54, 1.807) is 35.0 Å². The molecule has 54 heavy (non-hydrogen) atoms. The fourth-order valence-electron chi connectivity index (χ4n) is 8.76. The molecule has 0 saturated carbocycles. The Morgan fingerprint density at radius 3 is 2.48 bits per heavy atom. The Hall–Kier alpha value is -4.43. The van der Waals surface area contributed by atoms with Gasteiger partial charge in [-0.1, -0.05) is 6.07 Å². The number of hydrogen-bond acceptors (Lipinski definition) is 15. The van der Waals surface area contributed by atoms with E-state index in [2.05, 4.69) is 27.3 Å². The number of likely N-dealkylation sites (N-methyl/N-ethyl adjacent to an activating group) is 1. The standard InChI is InChI=1S/C38H46N4O11S/c1-17-10-20-11-22-23(12-39)42-24-13-48-36(44)21(40-37(45)53-38(4,5)6)14-54-35(27-26(24)34-32(50-16-51-34)18(2)31(27)52-19(3)43)29(42)28(41(22)7)25(20)33(30(17)47-9)49-15-46-8/h10,21-24,28-29,35H,11,13-16H2,1-9H3,(H,40,45)/t21?,22-,23?,24-,28+,29?,35+/m0/s1. The van der Waals surface area contributed by atoms with E-state index in [4.69, 9.17) is 37.9 Å². The van der Waals surface area contributed by atoms with E-state index in [0.29, 0.717) is 51.9 Å². The van der Waals surface area contributed by atoms with E-state index in [1.165, 1.54) is 18.7 Å². The SMILES string of the molecule is COCOc1c(OC)c(C)cc2c1[C@@H]1C3[C@@H]4SCC(NC(=O)OC(C)(C)C)C(=O)OC[C@@H](c5c6c(c(C)c(OC(C)=O)c54)OCO6)N3C(C#N)[C@H](C2)N1C. The van der Waals surface area contributed by atoms with Crippen molar-refractivity contribution in [1.82, 2.24) is 15.1 Å². The van der Waals surface area contributed by atoms with Gasteiger partial charge in [0.25, 0.3) is 0 Å². The van der Waals surface area contributed by atoms with Crippen molar-refractivity contribution in [3.8, 4) is 34.8 Å². The highest BCUT2D eigenvalue weighted by Gasteiger charge is 2.61. The molecule has 1 amide bonds. The van der Waals surface area contributed by atoms with Gasteiger partial charge in [0.15, 0.2) is 29.8 Å². The third-order valence-electron chi connectivity index (χ3n) is 10.7. The molecule has 5 aliphatic rings. The minimum atomic E-state index is -1.09. The fraction of sp³-hybridized carbons (Fsp3) is 0.579. The predicted molar refractivity (Wildman–Crippen MR) is 194 cm³/mol. The van der Waals surface area contributed by atoms with Crippen molar-refractivity contribution in [3.63, 3.8) is 0 Å². The van der Waals surface area contributed by atoms with E-state index in [9.17, 15) is 19.6 Å². The zero-order chi connectivity index (χ0) is 38.8. The minimum Gasteiger partial charge on any atom is -0.493 e. The molecule has 2 aromatic carbocycles. The second-order valence-electron chi connectivity index (χ2n) is 15.1. The summed E-state index contributed by atoms with van der Waals surface area (Å²) in [5.74, 6) is 1.18. The van der Waals surface area contributed by atoms with Crippen LogP contribution in [-0.4, -0.2) is 105 Å². The Morgan fingerprint density at radius 2 is 1.81 bits per heavy atom. The number of fused-ring (bicyclic) bond motifs is 9. The van der Waals surface area contributed by atoms with E-state index < -0.39 is 59.1 Å². The lowest BCUT2D eigenvalue weighted by molar-refractivity contribution is -0.151. The molecular formula is C38H46N4O11S. The number of esters is 2. The monoisotopic (exact) mass is 766 g/mol. The molecule has 0 aromatic heterocycles. The molecule has 2 aromatic rings. The Kier molecular flexibility index (Phi) is 10.1. The topological polar surface area (TPSA) is 167 Å². The summed E-state index contributed by atoms with van der Waals surface area (Å²) in [7, 11) is 5.16. The van der Waals surface area contributed by atoms with Crippen LogP contribution in [0.5, 0.6) is 28.7 Å². The van der Waals surface area contributed by atoms with E-state index in [1.807, 2.05) is 20.9 Å². The molecule has 2 fully saturated rings. The Balaban J connectivity index is 1.49. The Bertz CT molecular complexity index is 1930. The number of carbonyl (C=O) groups excluding carboxylic acids is 3. The molecule has 4 bridgehead atoms. The van der Waals surface area contributed by atoms with Crippen molar-refractivity contribution in [3.05, 3.63) is 39.4 Å². The number of cyclic esters (lactones) is 1. The summed E-state index contributed by atoms with van der Waals surface area (Å²) in [6, 6.07) is 1.01. The van der Waals surface area contributed by atoms with Gasteiger partial charge in [0.05, 0.1) is 30.5 Å². The van der Waals surface area contributed by atoms with Crippen LogP contribution >= 0.6 is 11.8 Å². The zero-order valence-electron chi connectivity index (χ0n) is 31.9. The predicted octanol–water partition coefficient (Wildman–Crippen LogP) is 4.40. The molecule has 1 N–H and O–H groups in total. The third-order valence-corrected chi connectivity index (χ3v) is 12.1. The number of amides is 1. The molecule has 16 heteroatoms. The molecule has 0 spiro atoms. The van der Waals surface area contributed by atoms with Crippen LogP contribution in [0.25, 0.3) is 0 Å². The van der Waals surface area contributed by atoms with Crippen LogP contribution in [0.3, 0.4) is 0 Å². The molecule has 290 valence electrons. The molecule has 7 atom stereocenters. The first-order valence-electron chi connectivity index (χ1n) is 17.8. The Morgan fingerprint density at radius 1 is 1.07 bits per heavy atom. The number of methoxy groups -OCH3 is 2. The summed E-state index contributed by atoms with van der Waals surface area (Å²) in [5, 5.41) is 13.2. The second-order valence-corrected chi connectivity index (χ2v) is 16.3. The highest BCUT2D eigenvalue weighted by molar-refractivity contribution is 7.99. The van der Waals surface area contributed by atoms with Gasteiger partial charge in [-0.05, 0) is 59.2 Å². The first kappa shape index (κ1) is 37.9. The lowest BCUT2D eigenvalue weighted by atomic mass is 9.71. The smallest absolute Gasteiger partial charge is 0.408 e. The number of nitrogens with one attached hydrogen (secondary N) is 1. The number of thioether (sulfide) groups is 1. The highest BCUT2D eigenvalue weighted by Crippen LogP contribution is 2.64. The zero-order valence-corrected chi connectivity index (χ0v) is 32.7. The highest BCUT2D eigenvalue weighted by atomic mass is 32.2. The van der Waals surface area contributed by atoms with Gasteiger partial charge in [-0.25, -0.2) is 9.59 Å². The molecule has 0 aliphatic carbocycles. The van der Waals surface area contributed by atoms with Crippen LogP contribution in [0.2, 0.25) is 0 Å². The maximum atomic E-state index is 13.8. The van der Waals surface area contributed by atoms with E-state index in [0.717, 1.165) is 16.7 Å². The number of hydrogen-bond donors (Lipinski definition) is 1. The van der Waals surface area contributed by atoms with Gasteiger partial charge < -0.3 is 43.2 Å². The first-order chi connectivity index (χ1) is 25.7. The lowest BCUT2D eigenvalue weighted by Gasteiger charge is -2.61. The van der Waals surface area contributed by atoms with Crippen molar-refractivity contribution >= 4 is 29.8 Å². The van der Waals surface area contributed by atoms with Gasteiger partial charge in [-0.3, -0.25) is 14.6 Å². The summed E-state index contributed by atoms with van der Waals surface area (Å²) >= 11 is 1.39. The molecule has 0 radical (unpaired) electrons. The summed E-state index contributed by atoms with van der Waals surface area (Å²) < 4.78 is 47.5. The average Bonchev–Trinajstić information content (AvgIpc) is 3.59. The first-order valence-corrected chi connectivity index (χ1v) is 18.9. The molecule has 2 saturated heterocycles. The van der Waals surface area contributed by atoms with Crippen molar-refractivity contribution < 1.29 is 52.3 Å². The molecular weight excluding hydrogens is 721 g/mol. The van der Waals surface area contributed by atoms with Crippen LogP contribution in [0.4, 0.5) is 4.79 Å². The summed E-state index contributed by atoms with van der Waals surface area (Å²) in [6.07, 6.45) is -0.232. The van der Waals surface area contributed by atoms with Crippen LogP contribution in [0, 0.1) is 25.2 Å². The van der Waals surface area contributed by atoms with Gasteiger partial charge in [0.2, 0.25) is 6.79 Å². The largest absolute Gasteiger partial charge is 0.493 e. The third kappa shape index (κ3) is 6.24. The van der Waals surface area contributed by atoms with Crippen molar-refractivity contribution in [2.75, 3.05) is 47.2 Å². The number of alkyl carbamates (subject to hydrolysis) is 1.